The Morgan fingerprint density at radius 3 is 2.85 bits per heavy atom. The second-order valence-corrected chi connectivity index (χ2v) is 3.90. The Hall–Kier alpha value is -2.74. The van der Waals surface area contributed by atoms with Gasteiger partial charge in [0.15, 0.2) is 0 Å². The van der Waals surface area contributed by atoms with Crippen LogP contribution in [0.5, 0.6) is 5.88 Å². The average molecular weight is 274 g/mol. The molecule has 0 radical (unpaired) electrons. The summed E-state index contributed by atoms with van der Waals surface area (Å²) in [6, 6.07) is 4.74. The number of nitrogens with one attached hydrogen (secondary N) is 2. The van der Waals surface area contributed by atoms with Crippen LogP contribution < -0.4 is 21.3 Å². The lowest BCUT2D eigenvalue weighted by Crippen LogP contribution is -2.16. The lowest BCUT2D eigenvalue weighted by Gasteiger charge is -2.07. The lowest BCUT2D eigenvalue weighted by atomic mass is 10.2. The maximum Gasteiger partial charge on any atom is 0.258 e. The number of nitrogen functional groups attached to an aromatic ring is 1. The van der Waals surface area contributed by atoms with Crippen LogP contribution in [0.25, 0.3) is 0 Å². The summed E-state index contributed by atoms with van der Waals surface area (Å²) in [7, 11) is 1.50. The van der Waals surface area contributed by atoms with Gasteiger partial charge in [-0.25, -0.2) is 15.8 Å². The molecule has 0 aliphatic heterocycles. The molecule has 2 aromatic heterocycles. The van der Waals surface area contributed by atoms with E-state index in [0.717, 1.165) is 0 Å². The third kappa shape index (κ3) is 3.18. The average Bonchev–Trinajstić information content (AvgIpc) is 2.46. The van der Waals surface area contributed by atoms with Gasteiger partial charge in [-0.3, -0.25) is 10.1 Å². The van der Waals surface area contributed by atoms with E-state index in [0.29, 0.717) is 23.0 Å². The number of anilines is 2. The number of carbonyl (C=O) groups is 1. The molecule has 0 atom stereocenters. The zero-order valence-corrected chi connectivity index (χ0v) is 11.0. The zero-order valence-electron chi connectivity index (χ0n) is 11.0. The van der Waals surface area contributed by atoms with Crippen LogP contribution in [-0.2, 0) is 0 Å². The maximum absolute atomic E-state index is 12.1. The number of carbonyl (C=O) groups excluding carboxylic acids is 1. The normalized spacial score (nSPS) is 9.95. The summed E-state index contributed by atoms with van der Waals surface area (Å²) in [5.74, 6) is 5.82. The second kappa shape index (κ2) is 5.93. The van der Waals surface area contributed by atoms with E-state index in [9.17, 15) is 4.79 Å². The van der Waals surface area contributed by atoms with Crippen molar-refractivity contribution in [2.75, 3.05) is 17.9 Å². The smallest absolute Gasteiger partial charge is 0.258 e. The predicted molar refractivity (Wildman–Crippen MR) is 73.3 cm³/mol. The largest absolute Gasteiger partial charge is 0.481 e. The highest BCUT2D eigenvalue weighted by molar-refractivity contribution is 6.03. The first kappa shape index (κ1) is 13.7. The number of amides is 1. The number of hydrogen-bond donors (Lipinski definition) is 3. The Balaban J connectivity index is 2.20. The molecule has 0 fully saturated rings. The van der Waals surface area contributed by atoms with Crippen LogP contribution >= 0.6 is 0 Å². The molecule has 0 bridgehead atoms. The van der Waals surface area contributed by atoms with Gasteiger partial charge in [0.05, 0.1) is 7.11 Å². The molecule has 0 saturated carbocycles. The van der Waals surface area contributed by atoms with Crippen LogP contribution in [0.3, 0.4) is 0 Å². The van der Waals surface area contributed by atoms with Gasteiger partial charge in [0.25, 0.3) is 5.91 Å². The van der Waals surface area contributed by atoms with Gasteiger partial charge in [0.1, 0.15) is 5.82 Å². The van der Waals surface area contributed by atoms with Crippen molar-refractivity contribution in [2.24, 2.45) is 5.84 Å². The highest BCUT2D eigenvalue weighted by Gasteiger charge is 2.10. The summed E-state index contributed by atoms with van der Waals surface area (Å²) in [4.78, 5) is 24.1. The molecule has 0 unspecified atom stereocenters. The predicted octanol–water partition coefficient (Wildman–Crippen LogP) is 0.727. The van der Waals surface area contributed by atoms with Crippen molar-refractivity contribution in [2.45, 2.75) is 6.92 Å². The van der Waals surface area contributed by atoms with Gasteiger partial charge >= 0.3 is 0 Å². The van der Waals surface area contributed by atoms with E-state index in [1.807, 2.05) is 0 Å². The fourth-order valence-corrected chi connectivity index (χ4v) is 1.52. The SMILES string of the molecule is COc1cc(C)nc(NC(=O)c2ccnc(NN)c2)n1. The van der Waals surface area contributed by atoms with Gasteiger partial charge in [-0.05, 0) is 19.1 Å². The summed E-state index contributed by atoms with van der Waals surface area (Å²) in [5, 5.41) is 2.59. The van der Waals surface area contributed by atoms with E-state index in [1.165, 1.54) is 19.4 Å². The minimum Gasteiger partial charge on any atom is -0.481 e. The number of pyridine rings is 1. The first-order chi connectivity index (χ1) is 9.62. The molecule has 2 heterocycles. The van der Waals surface area contributed by atoms with Gasteiger partial charge in [-0.15, -0.1) is 0 Å². The van der Waals surface area contributed by atoms with E-state index in [-0.39, 0.29) is 11.9 Å². The van der Waals surface area contributed by atoms with Crippen LogP contribution in [0.15, 0.2) is 24.4 Å². The molecule has 1 amide bonds. The topological polar surface area (TPSA) is 115 Å². The molecule has 20 heavy (non-hydrogen) atoms. The molecule has 2 aromatic rings. The molecule has 0 spiro atoms. The molecule has 0 aliphatic carbocycles. The summed E-state index contributed by atoms with van der Waals surface area (Å²) < 4.78 is 5.02. The van der Waals surface area contributed by atoms with Gasteiger partial charge in [0.2, 0.25) is 11.8 Å². The number of nitrogens with zero attached hydrogens (tertiary/aromatic N) is 3. The lowest BCUT2D eigenvalue weighted by molar-refractivity contribution is 0.102. The van der Waals surface area contributed by atoms with E-state index in [1.54, 1.807) is 19.1 Å². The molecular weight excluding hydrogens is 260 g/mol. The molecule has 0 aromatic carbocycles. The molecule has 2 rings (SSSR count). The quantitative estimate of drug-likeness (QED) is 0.556. The first-order valence-corrected chi connectivity index (χ1v) is 5.76. The van der Waals surface area contributed by atoms with E-state index in [2.05, 4.69) is 25.7 Å². The van der Waals surface area contributed by atoms with Gasteiger partial charge in [0, 0.05) is 23.5 Å². The molecule has 0 aliphatic rings. The number of aryl methyl sites for hydroxylation is 1. The minimum atomic E-state index is -0.364. The minimum absolute atomic E-state index is 0.172. The number of rotatable bonds is 4. The van der Waals surface area contributed by atoms with E-state index >= 15 is 0 Å². The van der Waals surface area contributed by atoms with Crippen molar-refractivity contribution in [1.29, 1.82) is 0 Å². The highest BCUT2D eigenvalue weighted by atomic mass is 16.5. The van der Waals surface area contributed by atoms with E-state index < -0.39 is 0 Å². The summed E-state index contributed by atoms with van der Waals surface area (Å²) in [6.45, 7) is 1.78. The van der Waals surface area contributed by atoms with Crippen molar-refractivity contribution >= 4 is 17.7 Å². The molecule has 8 heteroatoms. The molecule has 8 nitrogen and oxygen atoms in total. The summed E-state index contributed by atoms with van der Waals surface area (Å²) >= 11 is 0. The molecular formula is C12H14N6O2. The van der Waals surface area contributed by atoms with Gasteiger partial charge in [-0.2, -0.15) is 4.98 Å². The molecule has 4 N–H and O–H groups in total. The van der Waals surface area contributed by atoms with Crippen molar-refractivity contribution in [1.82, 2.24) is 15.0 Å². The number of ether oxygens (including phenoxy) is 1. The maximum atomic E-state index is 12.1. The third-order valence-electron chi connectivity index (χ3n) is 2.44. The highest BCUT2D eigenvalue weighted by Crippen LogP contribution is 2.13. The standard InChI is InChI=1S/C12H14N6O2/c1-7-5-10(20-2)16-12(15-7)17-11(19)8-3-4-14-9(6-8)18-13/h3-6H,13H2,1-2H3,(H,14,18)(H,15,16,17,19). The Bertz CT molecular complexity index is 631. The number of hydrogen-bond acceptors (Lipinski definition) is 7. The Kier molecular flexibility index (Phi) is 4.06. The van der Waals surface area contributed by atoms with Crippen LogP contribution in [-0.4, -0.2) is 28.0 Å². The molecule has 104 valence electrons. The van der Waals surface area contributed by atoms with Gasteiger partial charge < -0.3 is 10.2 Å². The monoisotopic (exact) mass is 274 g/mol. The third-order valence-corrected chi connectivity index (χ3v) is 2.44. The van der Waals surface area contributed by atoms with Crippen LogP contribution in [0.1, 0.15) is 16.1 Å². The Morgan fingerprint density at radius 2 is 2.15 bits per heavy atom. The Morgan fingerprint density at radius 1 is 1.35 bits per heavy atom. The number of methoxy groups -OCH3 is 1. The van der Waals surface area contributed by atoms with Crippen molar-refractivity contribution in [3.05, 3.63) is 35.7 Å². The van der Waals surface area contributed by atoms with Crippen molar-refractivity contribution in [3.63, 3.8) is 0 Å². The fourth-order valence-electron chi connectivity index (χ4n) is 1.52. The Labute approximate surface area is 115 Å². The number of hydrazine groups is 1. The van der Waals surface area contributed by atoms with Gasteiger partial charge in [-0.1, -0.05) is 0 Å². The van der Waals surface area contributed by atoms with Crippen molar-refractivity contribution < 1.29 is 9.53 Å². The van der Waals surface area contributed by atoms with Crippen LogP contribution in [0.4, 0.5) is 11.8 Å². The summed E-state index contributed by atoms with van der Waals surface area (Å²) in [5.41, 5.74) is 3.44. The molecule has 0 saturated heterocycles. The zero-order chi connectivity index (χ0) is 14.5. The summed E-state index contributed by atoms with van der Waals surface area (Å²) in [6.07, 6.45) is 1.47. The number of aromatic nitrogens is 3. The van der Waals surface area contributed by atoms with Crippen LogP contribution in [0, 0.1) is 6.92 Å². The van der Waals surface area contributed by atoms with Crippen molar-refractivity contribution in [3.8, 4) is 5.88 Å². The second-order valence-electron chi connectivity index (χ2n) is 3.90. The number of nitrogens with two attached hydrogens (primary N) is 1. The first-order valence-electron chi connectivity index (χ1n) is 5.76. The fraction of sp³-hybridized carbons (Fsp3) is 0.167. The van der Waals surface area contributed by atoms with Crippen LogP contribution in [0.2, 0.25) is 0 Å². The van der Waals surface area contributed by atoms with E-state index in [4.69, 9.17) is 10.6 Å².